The lowest BCUT2D eigenvalue weighted by Gasteiger charge is -2.50. The highest BCUT2D eigenvalue weighted by atomic mass is 16.7. The summed E-state index contributed by atoms with van der Waals surface area (Å²) in [7, 11) is 8.10. The van der Waals surface area contributed by atoms with E-state index in [2.05, 4.69) is 0 Å². The molecule has 1 aromatic rings. The number of rotatable bonds is 16. The molecule has 0 aromatic heterocycles. The maximum atomic E-state index is 14.1. The quantitative estimate of drug-likeness (QED) is 0.148. The monoisotopic (exact) mass is 1020 g/mol. The number of allylic oxidation sites excluding steroid dienone is 3. The number of hydrogen-bond acceptors (Lipinski definition) is 19. The number of carbonyl (C=O) groups excluding carboxylic acids is 2. The van der Waals surface area contributed by atoms with Crippen LogP contribution in [0.4, 0.5) is 0 Å². The lowest BCUT2D eigenvalue weighted by atomic mass is 9.79. The standard InChI is InChI=1S/C53H85NO18/c1-14-40-35(27-66-52-49(64-13)48(63-12)44(58)31(5)68-52)23-28(2)15-20-38(55)29(3)24-34(21-22-65-37-18-16-36(62-11)17-19-37)46(30(4)39(56)25-41(57)70-40)72-51-45(59)43(54(9)10)47(32(6)69-51)71-42-26-53(8,61)50(60)33(7)67-42/h15-20,23,29-35,39-40,42-52,56,58-61H,14,21-22,24-27H2,1-13H3/b20-15+,28-23+/t29-,30+,31-,32-,33+,34+,35-,39-,40-,42+,43-,44-,45-,46-,47-,48-,49-,50+,51+,52-,53-/m1/s1. The third-order valence-electron chi connectivity index (χ3n) is 14.8. The maximum absolute atomic E-state index is 14.1. The summed E-state index contributed by atoms with van der Waals surface area (Å²) in [5, 5.41) is 56.7. The molecule has 19 heteroatoms. The molecule has 0 unspecified atom stereocenters. The minimum absolute atomic E-state index is 0.00103. The summed E-state index contributed by atoms with van der Waals surface area (Å²) in [5.74, 6) is -2.00. The number of methoxy groups -OCH3 is 3. The largest absolute Gasteiger partial charge is 0.497 e. The molecule has 3 fully saturated rings. The van der Waals surface area contributed by atoms with E-state index in [1.807, 2.05) is 26.8 Å². The van der Waals surface area contributed by atoms with Gasteiger partial charge in [0.1, 0.15) is 54.2 Å². The van der Waals surface area contributed by atoms with Crippen molar-refractivity contribution in [2.75, 3.05) is 48.6 Å². The van der Waals surface area contributed by atoms with Gasteiger partial charge in [0.25, 0.3) is 0 Å². The SMILES string of the molecule is CC[C@H]1OC(=O)C[C@@H](O)[C@H](C)[C@@H](O[C@@H]2O[C@H](C)[C@@H](O[C@H]3C[C@@](C)(O)[C@@H](O)[C@H](C)O3)[C@H](N(C)C)[C@H]2O)[C@@H](CCOc2ccc(OC)cc2)C[C@@H](C)C(=O)/C=C/C(C)=C/[C@@H]1CO[C@@H]1O[C@H](C)[C@@H](O)[C@@H](OC)[C@H]1OC. The Morgan fingerprint density at radius 2 is 1.44 bits per heavy atom. The summed E-state index contributed by atoms with van der Waals surface area (Å²) in [5.41, 5.74) is -0.784. The van der Waals surface area contributed by atoms with Gasteiger partial charge in [0, 0.05) is 38.4 Å². The zero-order chi connectivity index (χ0) is 53.2. The maximum Gasteiger partial charge on any atom is 0.308 e. The summed E-state index contributed by atoms with van der Waals surface area (Å²) in [4.78, 5) is 30.0. The van der Waals surface area contributed by atoms with Gasteiger partial charge in [0.2, 0.25) is 0 Å². The van der Waals surface area contributed by atoms with Crippen molar-refractivity contribution in [3.8, 4) is 11.5 Å². The molecule has 4 aliphatic rings. The summed E-state index contributed by atoms with van der Waals surface area (Å²) < 4.78 is 67.1. The molecule has 4 aliphatic heterocycles. The number of cyclic esters (lactones) is 1. The molecule has 0 bridgehead atoms. The second-order valence-corrected chi connectivity index (χ2v) is 20.7. The number of likely N-dealkylation sites (N-methyl/N-ethyl adjacent to an activating group) is 1. The number of nitrogens with zero attached hydrogens (tertiary/aromatic N) is 1. The van der Waals surface area contributed by atoms with Crippen molar-refractivity contribution in [2.24, 2.45) is 23.7 Å². The number of aliphatic hydroxyl groups is 5. The molecule has 410 valence electrons. The van der Waals surface area contributed by atoms with Crippen molar-refractivity contribution in [3.05, 3.63) is 48.1 Å². The average molecular weight is 1020 g/mol. The fourth-order valence-corrected chi connectivity index (χ4v) is 10.4. The fraction of sp³-hybridized carbons (Fsp3) is 0.774. The smallest absolute Gasteiger partial charge is 0.308 e. The van der Waals surface area contributed by atoms with Gasteiger partial charge in [-0.3, -0.25) is 9.59 Å². The second kappa shape index (κ2) is 27.1. The van der Waals surface area contributed by atoms with E-state index in [1.165, 1.54) is 27.2 Å². The molecule has 5 N–H and O–H groups in total. The summed E-state index contributed by atoms with van der Waals surface area (Å²) in [6, 6.07) is 6.40. The van der Waals surface area contributed by atoms with Crippen LogP contribution in [0.2, 0.25) is 0 Å². The third-order valence-corrected chi connectivity index (χ3v) is 14.8. The van der Waals surface area contributed by atoms with Crippen LogP contribution < -0.4 is 9.47 Å². The molecule has 4 heterocycles. The third kappa shape index (κ3) is 15.3. The van der Waals surface area contributed by atoms with Crippen LogP contribution in [0, 0.1) is 23.7 Å². The van der Waals surface area contributed by atoms with Gasteiger partial charge in [0.15, 0.2) is 24.7 Å². The van der Waals surface area contributed by atoms with E-state index in [9.17, 15) is 35.1 Å². The minimum Gasteiger partial charge on any atom is -0.497 e. The molecule has 19 nitrogen and oxygen atoms in total. The van der Waals surface area contributed by atoms with Crippen LogP contribution >= 0.6 is 0 Å². The second-order valence-electron chi connectivity index (χ2n) is 20.7. The number of carbonyl (C=O) groups is 2. The first-order valence-electron chi connectivity index (χ1n) is 25.5. The van der Waals surface area contributed by atoms with Crippen molar-refractivity contribution in [1.29, 1.82) is 0 Å². The Labute approximate surface area is 425 Å². The normalized spacial score (nSPS) is 42.1. The van der Waals surface area contributed by atoms with Crippen molar-refractivity contribution >= 4 is 11.8 Å². The molecule has 72 heavy (non-hydrogen) atoms. The highest BCUT2D eigenvalue weighted by Gasteiger charge is 2.52. The molecule has 3 saturated heterocycles. The lowest BCUT2D eigenvalue weighted by Crippen LogP contribution is -2.65. The Kier molecular flexibility index (Phi) is 22.5. The number of esters is 1. The van der Waals surface area contributed by atoms with Crippen LogP contribution in [0.15, 0.2) is 48.1 Å². The van der Waals surface area contributed by atoms with E-state index in [0.717, 1.165) is 0 Å². The summed E-state index contributed by atoms with van der Waals surface area (Å²) in [6.07, 6.45) is -8.34. The van der Waals surface area contributed by atoms with Gasteiger partial charge < -0.3 is 82.5 Å². The van der Waals surface area contributed by atoms with Crippen molar-refractivity contribution in [3.63, 3.8) is 0 Å². The first kappa shape index (κ1) is 59.8. The molecule has 0 spiro atoms. The Morgan fingerprint density at radius 1 is 0.792 bits per heavy atom. The Hall–Kier alpha value is -3.12. The molecular formula is C53H85NO18. The minimum atomic E-state index is -1.49. The number of benzene rings is 1. The van der Waals surface area contributed by atoms with Gasteiger partial charge in [-0.15, -0.1) is 0 Å². The van der Waals surface area contributed by atoms with E-state index >= 15 is 0 Å². The van der Waals surface area contributed by atoms with E-state index in [1.54, 1.807) is 84.1 Å². The van der Waals surface area contributed by atoms with Crippen LogP contribution in [0.25, 0.3) is 0 Å². The van der Waals surface area contributed by atoms with E-state index < -0.39 is 140 Å². The van der Waals surface area contributed by atoms with Crippen molar-refractivity contribution in [2.45, 2.75) is 191 Å². The fourth-order valence-electron chi connectivity index (χ4n) is 10.4. The molecule has 0 amide bonds. The zero-order valence-electron chi connectivity index (χ0n) is 44.5. The van der Waals surface area contributed by atoms with E-state index in [0.29, 0.717) is 29.9 Å². The number of hydrogen-bond donors (Lipinski definition) is 5. The van der Waals surface area contributed by atoms with Gasteiger partial charge in [-0.25, -0.2) is 0 Å². The van der Waals surface area contributed by atoms with E-state index in [4.69, 9.17) is 52.1 Å². The molecule has 0 aliphatic carbocycles. The zero-order valence-corrected chi connectivity index (χ0v) is 44.5. The molecule has 5 rings (SSSR count). The van der Waals surface area contributed by atoms with Crippen molar-refractivity contribution < 1.29 is 87.2 Å². The predicted molar refractivity (Wildman–Crippen MR) is 263 cm³/mol. The van der Waals surface area contributed by atoms with Crippen LogP contribution in [0.3, 0.4) is 0 Å². The van der Waals surface area contributed by atoms with Gasteiger partial charge >= 0.3 is 5.97 Å². The van der Waals surface area contributed by atoms with E-state index in [-0.39, 0.29) is 31.8 Å². The topological polar surface area (TPSA) is 240 Å². The van der Waals surface area contributed by atoms with Gasteiger partial charge in [-0.2, -0.15) is 0 Å². The molecular weight excluding hydrogens is 939 g/mol. The molecule has 1 aromatic carbocycles. The summed E-state index contributed by atoms with van der Waals surface area (Å²) >= 11 is 0. The lowest BCUT2D eigenvalue weighted by molar-refractivity contribution is -0.342. The Balaban J connectivity index is 1.46. The van der Waals surface area contributed by atoms with Crippen LogP contribution in [-0.4, -0.2) is 195 Å². The van der Waals surface area contributed by atoms with Crippen LogP contribution in [0.1, 0.15) is 87.5 Å². The average Bonchev–Trinajstić information content (AvgIpc) is 3.33. The van der Waals surface area contributed by atoms with Crippen LogP contribution in [-0.2, 0) is 52.2 Å². The number of ketones is 1. The van der Waals surface area contributed by atoms with Gasteiger partial charge in [-0.05, 0) is 104 Å². The summed E-state index contributed by atoms with van der Waals surface area (Å²) in [6.45, 7) is 14.1. The van der Waals surface area contributed by atoms with Crippen molar-refractivity contribution in [1.82, 2.24) is 4.90 Å². The Morgan fingerprint density at radius 3 is 2.06 bits per heavy atom. The first-order valence-corrected chi connectivity index (χ1v) is 25.5. The van der Waals surface area contributed by atoms with Gasteiger partial charge in [-0.1, -0.05) is 38.5 Å². The van der Waals surface area contributed by atoms with Crippen LogP contribution in [0.5, 0.6) is 11.5 Å². The number of ether oxygens (including phenoxy) is 11. The van der Waals surface area contributed by atoms with Gasteiger partial charge in [0.05, 0.1) is 68.9 Å². The molecule has 0 saturated carbocycles. The first-order chi connectivity index (χ1) is 34.0. The Bertz CT molecular complexity index is 1900. The molecule has 0 radical (unpaired) electrons. The molecule has 21 atom stereocenters. The predicted octanol–water partition coefficient (Wildman–Crippen LogP) is 3.72. The highest BCUT2D eigenvalue weighted by Crippen LogP contribution is 2.38. The highest BCUT2D eigenvalue weighted by molar-refractivity contribution is 5.91. The number of aliphatic hydroxyl groups excluding tert-OH is 4.